The van der Waals surface area contributed by atoms with E-state index in [4.69, 9.17) is 0 Å². The van der Waals surface area contributed by atoms with Gasteiger partial charge >= 0.3 is 0 Å². The van der Waals surface area contributed by atoms with E-state index in [0.29, 0.717) is 18.3 Å². The highest BCUT2D eigenvalue weighted by Gasteiger charge is 2.70. The third-order valence-corrected chi connectivity index (χ3v) is 8.79. The Bertz CT molecular complexity index is 528. The van der Waals surface area contributed by atoms with Crippen molar-refractivity contribution in [3.05, 3.63) is 11.6 Å². The summed E-state index contributed by atoms with van der Waals surface area (Å²) < 4.78 is 16.7. The van der Waals surface area contributed by atoms with Gasteiger partial charge in [0.15, 0.2) is 0 Å². The van der Waals surface area contributed by atoms with E-state index in [1.807, 2.05) is 0 Å². The minimum atomic E-state index is -1.40. The molecule has 130 valence electrons. The molecule has 4 aliphatic rings. The first-order valence-corrected chi connectivity index (χ1v) is 9.94. The van der Waals surface area contributed by atoms with Crippen molar-refractivity contribution in [2.24, 2.45) is 28.6 Å². The summed E-state index contributed by atoms with van der Waals surface area (Å²) in [5.41, 5.74) is -0.348. The van der Waals surface area contributed by atoms with Crippen molar-refractivity contribution in [2.45, 2.75) is 90.3 Å². The molecular weight excluding hydrogens is 287 g/mol. The Kier molecular flexibility index (Phi) is 3.55. The maximum atomic E-state index is 16.7. The van der Waals surface area contributed by atoms with Crippen LogP contribution in [0, 0.1) is 28.6 Å². The molecule has 0 heterocycles. The molecule has 3 saturated carbocycles. The minimum Gasteiger partial charge on any atom is -0.390 e. The summed E-state index contributed by atoms with van der Waals surface area (Å²) in [4.78, 5) is 0. The molecule has 0 saturated heterocycles. The van der Waals surface area contributed by atoms with Crippen LogP contribution in [-0.2, 0) is 0 Å². The van der Waals surface area contributed by atoms with Gasteiger partial charge in [0.1, 0.15) is 5.67 Å². The lowest BCUT2D eigenvalue weighted by Crippen LogP contribution is -2.66. The van der Waals surface area contributed by atoms with Gasteiger partial charge < -0.3 is 5.11 Å². The molecule has 0 amide bonds. The zero-order chi connectivity index (χ0) is 16.5. The van der Waals surface area contributed by atoms with E-state index in [9.17, 15) is 5.11 Å². The van der Waals surface area contributed by atoms with Gasteiger partial charge in [-0.2, -0.15) is 0 Å². The predicted octanol–water partition coefficient (Wildman–Crippen LogP) is 5.43. The Labute approximate surface area is 140 Å². The molecular formula is C21H33FO. The normalized spacial score (nSPS) is 55.6. The quantitative estimate of drug-likeness (QED) is 0.639. The van der Waals surface area contributed by atoms with Crippen LogP contribution >= 0.6 is 0 Å². The number of allylic oxidation sites excluding steroid dienone is 2. The molecule has 0 spiro atoms. The van der Waals surface area contributed by atoms with E-state index >= 15 is 4.39 Å². The molecule has 0 aromatic carbocycles. The number of halogens is 1. The van der Waals surface area contributed by atoms with Crippen LogP contribution in [0.25, 0.3) is 0 Å². The van der Waals surface area contributed by atoms with Crippen molar-refractivity contribution < 1.29 is 9.50 Å². The molecule has 23 heavy (non-hydrogen) atoms. The molecule has 4 rings (SSSR count). The van der Waals surface area contributed by atoms with E-state index in [1.165, 1.54) is 24.8 Å². The number of hydrogen-bond acceptors (Lipinski definition) is 1. The first kappa shape index (κ1) is 16.1. The largest absolute Gasteiger partial charge is 0.390 e. The smallest absolute Gasteiger partial charge is 0.148 e. The Morgan fingerprint density at radius 1 is 1.22 bits per heavy atom. The van der Waals surface area contributed by atoms with Crippen molar-refractivity contribution in [2.75, 3.05) is 0 Å². The number of aliphatic hydroxyl groups excluding tert-OH is 1. The van der Waals surface area contributed by atoms with Gasteiger partial charge in [-0.3, -0.25) is 0 Å². The van der Waals surface area contributed by atoms with Gasteiger partial charge in [0.05, 0.1) is 6.10 Å². The molecule has 0 aromatic heterocycles. The Morgan fingerprint density at radius 3 is 2.74 bits per heavy atom. The maximum absolute atomic E-state index is 16.7. The topological polar surface area (TPSA) is 20.2 Å². The van der Waals surface area contributed by atoms with Gasteiger partial charge in [-0.25, -0.2) is 4.39 Å². The second kappa shape index (κ2) is 5.07. The molecule has 1 nitrogen and oxygen atoms in total. The fraction of sp³-hybridized carbons (Fsp3) is 0.905. The van der Waals surface area contributed by atoms with Crippen molar-refractivity contribution in [1.29, 1.82) is 0 Å². The van der Waals surface area contributed by atoms with Crippen LogP contribution in [0.3, 0.4) is 0 Å². The van der Waals surface area contributed by atoms with Crippen LogP contribution in [0.1, 0.15) is 78.6 Å². The van der Waals surface area contributed by atoms with Crippen molar-refractivity contribution in [1.82, 2.24) is 0 Å². The maximum Gasteiger partial charge on any atom is 0.148 e. The van der Waals surface area contributed by atoms with E-state index < -0.39 is 17.2 Å². The summed E-state index contributed by atoms with van der Waals surface area (Å²) in [6.07, 6.45) is 10.9. The zero-order valence-electron chi connectivity index (χ0n) is 15.1. The fourth-order valence-electron chi connectivity index (χ4n) is 7.53. The highest BCUT2D eigenvalue weighted by atomic mass is 19.1. The standard InChI is InChI=1S/C21H33FO/c1-4-14-8-10-16-17-11-9-15-7-5-6-12-20(15,3)21(17,22)18(23)13-19(14,16)2/h7,14,16-18,23H,4-6,8-13H2,1-3H3/t14-,16-,17-,18?,19+,20-,21-/m0/s1. The molecule has 2 heteroatoms. The molecule has 1 N–H and O–H groups in total. The second-order valence-corrected chi connectivity index (χ2v) is 9.38. The van der Waals surface area contributed by atoms with Gasteiger partial charge in [0.2, 0.25) is 0 Å². The van der Waals surface area contributed by atoms with Gasteiger partial charge in [0.25, 0.3) is 0 Å². The van der Waals surface area contributed by atoms with Crippen LogP contribution in [0.5, 0.6) is 0 Å². The second-order valence-electron chi connectivity index (χ2n) is 9.38. The number of fused-ring (bicyclic) bond motifs is 5. The summed E-state index contributed by atoms with van der Waals surface area (Å²) in [7, 11) is 0. The van der Waals surface area contributed by atoms with E-state index in [-0.39, 0.29) is 11.3 Å². The van der Waals surface area contributed by atoms with Crippen LogP contribution in [0.2, 0.25) is 0 Å². The van der Waals surface area contributed by atoms with Crippen LogP contribution in [0.4, 0.5) is 4.39 Å². The van der Waals surface area contributed by atoms with E-state index in [1.54, 1.807) is 0 Å². The first-order chi connectivity index (χ1) is 10.9. The Hall–Kier alpha value is -0.370. The van der Waals surface area contributed by atoms with Crippen molar-refractivity contribution in [3.8, 4) is 0 Å². The Morgan fingerprint density at radius 2 is 2.00 bits per heavy atom. The molecule has 1 unspecified atom stereocenters. The number of hydrogen-bond donors (Lipinski definition) is 1. The number of aliphatic hydroxyl groups is 1. The Balaban J connectivity index is 1.78. The predicted molar refractivity (Wildman–Crippen MR) is 91.8 cm³/mol. The van der Waals surface area contributed by atoms with E-state index in [0.717, 1.165) is 32.1 Å². The van der Waals surface area contributed by atoms with Gasteiger partial charge in [-0.05, 0) is 68.6 Å². The molecule has 0 aliphatic heterocycles. The SMILES string of the molecule is CC[C@H]1CC[C@H]2[C@@H]3CCC4=CCCC[C@]4(C)[C@@]3(F)C(O)C[C@]12C. The summed E-state index contributed by atoms with van der Waals surface area (Å²) in [5, 5.41) is 11.1. The average molecular weight is 320 g/mol. The van der Waals surface area contributed by atoms with Crippen LogP contribution < -0.4 is 0 Å². The first-order valence-electron chi connectivity index (χ1n) is 9.94. The van der Waals surface area contributed by atoms with Gasteiger partial charge in [-0.15, -0.1) is 0 Å². The number of alkyl halides is 1. The average Bonchev–Trinajstić information content (AvgIpc) is 2.84. The molecule has 0 bridgehead atoms. The molecule has 4 aliphatic carbocycles. The monoisotopic (exact) mass is 320 g/mol. The number of rotatable bonds is 1. The summed E-state index contributed by atoms with van der Waals surface area (Å²) in [5.74, 6) is 1.21. The van der Waals surface area contributed by atoms with Crippen molar-refractivity contribution >= 4 is 0 Å². The zero-order valence-corrected chi connectivity index (χ0v) is 15.1. The minimum absolute atomic E-state index is 0.0630. The summed E-state index contributed by atoms with van der Waals surface area (Å²) in [6, 6.07) is 0. The fourth-order valence-corrected chi connectivity index (χ4v) is 7.53. The molecule has 3 fully saturated rings. The third-order valence-electron chi connectivity index (χ3n) is 8.79. The van der Waals surface area contributed by atoms with Gasteiger partial charge in [0, 0.05) is 11.3 Å². The summed E-state index contributed by atoms with van der Waals surface area (Å²) >= 11 is 0. The van der Waals surface area contributed by atoms with Crippen molar-refractivity contribution in [3.63, 3.8) is 0 Å². The van der Waals surface area contributed by atoms with E-state index in [2.05, 4.69) is 26.8 Å². The molecule has 0 aromatic rings. The lowest BCUT2D eigenvalue weighted by molar-refractivity contribution is -0.208. The van der Waals surface area contributed by atoms with Crippen LogP contribution in [-0.4, -0.2) is 16.9 Å². The van der Waals surface area contributed by atoms with Crippen LogP contribution in [0.15, 0.2) is 11.6 Å². The third kappa shape index (κ3) is 1.82. The summed E-state index contributed by atoms with van der Waals surface area (Å²) in [6.45, 7) is 6.75. The highest BCUT2D eigenvalue weighted by Crippen LogP contribution is 2.69. The lowest BCUT2D eigenvalue weighted by atomic mass is 9.44. The van der Waals surface area contributed by atoms with Gasteiger partial charge in [-0.1, -0.05) is 38.8 Å². The molecule has 0 radical (unpaired) electrons. The highest BCUT2D eigenvalue weighted by molar-refractivity contribution is 5.31. The lowest BCUT2D eigenvalue weighted by Gasteiger charge is -2.63. The molecule has 7 atom stereocenters.